The van der Waals surface area contributed by atoms with Crippen molar-refractivity contribution < 1.29 is 4.42 Å². The molecule has 0 radical (unpaired) electrons. The summed E-state index contributed by atoms with van der Waals surface area (Å²) in [5.74, 6) is 0. The smallest absolute Gasteiger partial charge is 0.137 e. The fraction of sp³-hybridized carbons (Fsp3) is 0.0612. The number of nitrogens with zero attached hydrogens (tertiary/aromatic N) is 2. The lowest BCUT2D eigenvalue weighted by Crippen LogP contribution is -2.21. The highest BCUT2D eigenvalue weighted by molar-refractivity contribution is 6.22. The molecule has 0 bridgehead atoms. The van der Waals surface area contributed by atoms with Crippen molar-refractivity contribution in [2.45, 2.75) is 19.3 Å². The van der Waals surface area contributed by atoms with Crippen LogP contribution in [0.15, 0.2) is 162 Å². The first-order chi connectivity index (χ1) is 25.6. The first kappa shape index (κ1) is 28.2. The average Bonchev–Trinajstić information content (AvgIpc) is 3.78. The molecule has 52 heavy (non-hydrogen) atoms. The van der Waals surface area contributed by atoms with Crippen molar-refractivity contribution in [1.29, 1.82) is 0 Å². The molecule has 0 saturated heterocycles. The summed E-state index contributed by atoms with van der Waals surface area (Å²) < 4.78 is 9.07. The van der Waals surface area contributed by atoms with Gasteiger partial charge in [0.1, 0.15) is 11.2 Å². The number of rotatable bonds is 3. The third kappa shape index (κ3) is 3.45. The van der Waals surface area contributed by atoms with Gasteiger partial charge in [-0.15, -0.1) is 0 Å². The van der Waals surface area contributed by atoms with Gasteiger partial charge in [-0.2, -0.15) is 0 Å². The van der Waals surface area contributed by atoms with Gasteiger partial charge < -0.3 is 13.9 Å². The van der Waals surface area contributed by atoms with Gasteiger partial charge >= 0.3 is 0 Å². The van der Waals surface area contributed by atoms with Crippen LogP contribution in [0.5, 0.6) is 0 Å². The van der Waals surface area contributed by atoms with Crippen molar-refractivity contribution in [3.05, 3.63) is 169 Å². The van der Waals surface area contributed by atoms with E-state index >= 15 is 0 Å². The molecule has 0 atom stereocenters. The minimum atomic E-state index is -0.292. The van der Waals surface area contributed by atoms with E-state index in [1.54, 1.807) is 0 Å². The molecule has 0 N–H and O–H groups in total. The van der Waals surface area contributed by atoms with E-state index in [1.807, 2.05) is 0 Å². The van der Waals surface area contributed by atoms with Gasteiger partial charge in [-0.25, -0.2) is 0 Å². The number of furan rings is 1. The van der Waals surface area contributed by atoms with Gasteiger partial charge in [-0.1, -0.05) is 123 Å². The minimum Gasteiger partial charge on any atom is -0.456 e. The van der Waals surface area contributed by atoms with Gasteiger partial charge in [-0.05, 0) is 81.6 Å². The minimum absolute atomic E-state index is 0.292. The maximum absolute atomic E-state index is 6.53. The largest absolute Gasteiger partial charge is 0.456 e. The van der Waals surface area contributed by atoms with E-state index in [1.165, 1.54) is 77.3 Å². The normalized spacial score (nSPS) is 13.7. The predicted molar refractivity (Wildman–Crippen MR) is 217 cm³/mol. The van der Waals surface area contributed by atoms with Crippen LogP contribution in [0.25, 0.3) is 82.5 Å². The van der Waals surface area contributed by atoms with Crippen LogP contribution in [0.1, 0.15) is 25.0 Å². The zero-order chi connectivity index (χ0) is 34.3. The molecule has 0 unspecified atom stereocenters. The quantitative estimate of drug-likeness (QED) is 0.187. The van der Waals surface area contributed by atoms with E-state index in [9.17, 15) is 0 Å². The van der Waals surface area contributed by atoms with Crippen LogP contribution in [-0.4, -0.2) is 4.57 Å². The third-order valence-corrected chi connectivity index (χ3v) is 11.8. The first-order valence-electron chi connectivity index (χ1n) is 18.1. The number of hydrogen-bond acceptors (Lipinski definition) is 2. The summed E-state index contributed by atoms with van der Waals surface area (Å²) in [6, 6.07) is 57.8. The Hall–Kier alpha value is -6.58. The molecule has 2 aromatic heterocycles. The highest BCUT2D eigenvalue weighted by Gasteiger charge is 2.44. The maximum Gasteiger partial charge on any atom is 0.137 e. The van der Waals surface area contributed by atoms with Crippen molar-refractivity contribution in [2.75, 3.05) is 4.90 Å². The number of anilines is 3. The van der Waals surface area contributed by atoms with E-state index in [0.29, 0.717) is 0 Å². The summed E-state index contributed by atoms with van der Waals surface area (Å²) in [7, 11) is 0. The summed E-state index contributed by atoms with van der Waals surface area (Å²) in [5.41, 5.74) is 16.6. The Morgan fingerprint density at radius 1 is 0.538 bits per heavy atom. The van der Waals surface area contributed by atoms with E-state index in [4.69, 9.17) is 4.42 Å². The zero-order valence-corrected chi connectivity index (χ0v) is 28.8. The Labute approximate surface area is 300 Å². The Bertz CT molecular complexity index is 3170. The summed E-state index contributed by atoms with van der Waals surface area (Å²) in [5, 5.41) is 7.19. The van der Waals surface area contributed by atoms with Gasteiger partial charge in [-0.3, -0.25) is 0 Å². The molecule has 2 aliphatic rings. The monoisotopic (exact) mass is 664 g/mol. The second-order valence-corrected chi connectivity index (χ2v) is 14.9. The van der Waals surface area contributed by atoms with Crippen LogP contribution in [0, 0.1) is 0 Å². The molecule has 3 nitrogen and oxygen atoms in total. The van der Waals surface area contributed by atoms with Gasteiger partial charge in [0.15, 0.2) is 0 Å². The summed E-state index contributed by atoms with van der Waals surface area (Å²) in [6.07, 6.45) is 0. The topological polar surface area (TPSA) is 21.3 Å². The van der Waals surface area contributed by atoms with Crippen LogP contribution >= 0.6 is 0 Å². The number of benzene rings is 8. The second kappa shape index (κ2) is 9.80. The highest BCUT2D eigenvalue weighted by atomic mass is 16.3. The molecular formula is C49H32N2O. The fourth-order valence-corrected chi connectivity index (χ4v) is 9.68. The van der Waals surface area contributed by atoms with Crippen LogP contribution in [0.4, 0.5) is 17.1 Å². The molecule has 244 valence electrons. The lowest BCUT2D eigenvalue weighted by Gasteiger charge is -2.33. The van der Waals surface area contributed by atoms with Crippen molar-refractivity contribution in [3.63, 3.8) is 0 Å². The number of para-hydroxylation sites is 3. The van der Waals surface area contributed by atoms with Gasteiger partial charge in [0, 0.05) is 38.4 Å². The van der Waals surface area contributed by atoms with Crippen LogP contribution < -0.4 is 4.90 Å². The van der Waals surface area contributed by atoms with Crippen molar-refractivity contribution in [3.8, 4) is 27.9 Å². The summed E-state index contributed by atoms with van der Waals surface area (Å²) >= 11 is 0. The van der Waals surface area contributed by atoms with Crippen LogP contribution in [0.2, 0.25) is 0 Å². The van der Waals surface area contributed by atoms with E-state index < -0.39 is 0 Å². The summed E-state index contributed by atoms with van der Waals surface area (Å²) in [4.78, 5) is 2.53. The van der Waals surface area contributed by atoms with Gasteiger partial charge in [0.2, 0.25) is 0 Å². The molecule has 0 saturated carbocycles. The van der Waals surface area contributed by atoms with Crippen LogP contribution in [-0.2, 0) is 5.41 Å². The Kier molecular flexibility index (Phi) is 5.31. The fourth-order valence-electron chi connectivity index (χ4n) is 9.68. The molecular weight excluding hydrogens is 633 g/mol. The maximum atomic E-state index is 6.53. The molecule has 12 rings (SSSR count). The number of fused-ring (bicyclic) bond motifs is 10. The first-order valence-corrected chi connectivity index (χ1v) is 18.1. The lowest BCUT2D eigenvalue weighted by atomic mass is 9.80. The standard InChI is InChI=1S/C49H32N2O/c1-49(2)37-19-11-18-34-32-15-5-8-20-38(32)51-39-21-9-6-16-33(39)36-28-41(47(49)46(44(34)37)48(36)51)50(31-26-25-29-13-3-4-14-30(29)27-31)40-22-12-24-43-45(40)35-17-7-10-23-42(35)52-43/h3-28H,1-2H3. The molecule has 3 heterocycles. The van der Waals surface area contributed by atoms with Gasteiger partial charge in [0.05, 0.1) is 33.5 Å². The lowest BCUT2D eigenvalue weighted by molar-refractivity contribution is 0.661. The van der Waals surface area contributed by atoms with E-state index in [-0.39, 0.29) is 5.41 Å². The van der Waals surface area contributed by atoms with Crippen molar-refractivity contribution >= 4 is 71.6 Å². The van der Waals surface area contributed by atoms with Crippen molar-refractivity contribution in [2.24, 2.45) is 0 Å². The molecule has 1 aliphatic carbocycles. The molecule has 3 heteroatoms. The zero-order valence-electron chi connectivity index (χ0n) is 28.8. The summed E-state index contributed by atoms with van der Waals surface area (Å²) in [6.45, 7) is 4.84. The van der Waals surface area contributed by atoms with Gasteiger partial charge in [0.25, 0.3) is 0 Å². The molecule has 0 amide bonds. The number of hydrogen-bond donors (Lipinski definition) is 0. The van der Waals surface area contributed by atoms with E-state index in [2.05, 4.69) is 181 Å². The predicted octanol–water partition coefficient (Wildman–Crippen LogP) is 13.6. The number of aromatic nitrogens is 1. The Balaban J connectivity index is 1.31. The Morgan fingerprint density at radius 2 is 1.27 bits per heavy atom. The molecule has 0 fully saturated rings. The van der Waals surface area contributed by atoms with E-state index in [0.717, 1.165) is 33.3 Å². The highest BCUT2D eigenvalue weighted by Crippen LogP contribution is 2.62. The Morgan fingerprint density at radius 3 is 2.19 bits per heavy atom. The average molecular weight is 665 g/mol. The second-order valence-electron chi connectivity index (χ2n) is 14.9. The third-order valence-electron chi connectivity index (χ3n) is 11.8. The van der Waals surface area contributed by atoms with Crippen molar-refractivity contribution in [1.82, 2.24) is 4.57 Å². The van der Waals surface area contributed by atoms with Crippen LogP contribution in [0.3, 0.4) is 0 Å². The molecule has 1 aliphatic heterocycles. The molecule has 0 spiro atoms. The molecule has 10 aromatic rings. The SMILES string of the molecule is CC1(C)c2cccc3c2-c2c1c(N(c1ccc4ccccc4c1)c1cccc4oc5ccccc5c14)cc1c4ccccc4n(c21)-c1ccccc1-3. The molecule has 8 aromatic carbocycles.